The maximum Gasteiger partial charge on any atom is 0.475 e. The molecule has 0 aliphatic carbocycles. The van der Waals surface area contributed by atoms with E-state index in [2.05, 4.69) is 4.74 Å². The van der Waals surface area contributed by atoms with Gasteiger partial charge in [-0.2, -0.15) is 17.6 Å². The molecular formula is C17H13BrCl2F4O4. The number of benzene rings is 2. The van der Waals surface area contributed by atoms with Crippen molar-refractivity contribution in [3.05, 3.63) is 46.4 Å². The first-order chi connectivity index (χ1) is 13.0. The van der Waals surface area contributed by atoms with Gasteiger partial charge in [0.1, 0.15) is 17.2 Å². The Morgan fingerprint density at radius 1 is 0.929 bits per heavy atom. The van der Waals surface area contributed by atoms with Crippen molar-refractivity contribution in [1.82, 2.24) is 0 Å². The molecule has 0 saturated carbocycles. The summed E-state index contributed by atoms with van der Waals surface area (Å²) >= 11 is 13.4. The molecular weight excluding hydrogens is 495 g/mol. The Hall–Kier alpha value is -1.58. The summed E-state index contributed by atoms with van der Waals surface area (Å²) in [5.74, 6) is -0.238. The third kappa shape index (κ3) is 6.22. The van der Waals surface area contributed by atoms with Crippen LogP contribution < -0.4 is 14.2 Å². The van der Waals surface area contributed by atoms with Gasteiger partial charge in [-0.25, -0.2) is 0 Å². The molecule has 0 fully saturated rings. The zero-order valence-corrected chi connectivity index (χ0v) is 17.0. The molecule has 0 radical (unpaired) electrons. The molecule has 0 aliphatic heterocycles. The number of halogens is 7. The molecule has 1 N–H and O–H groups in total. The van der Waals surface area contributed by atoms with Gasteiger partial charge < -0.3 is 19.3 Å². The smallest absolute Gasteiger partial charge is 0.475 e. The quantitative estimate of drug-likeness (QED) is 0.239. The number of phenolic OH excluding ortho intramolecular Hbond substituents is 1. The van der Waals surface area contributed by atoms with Crippen LogP contribution in [-0.4, -0.2) is 29.3 Å². The predicted octanol–water partition coefficient (Wildman–Crippen LogP) is 6.51. The largest absolute Gasteiger partial charge is 0.508 e. The molecule has 2 aromatic rings. The third-order valence-corrected chi connectivity index (χ3v) is 4.19. The summed E-state index contributed by atoms with van der Waals surface area (Å²) in [6.07, 6.45) is -4.36. The fourth-order valence-electron chi connectivity index (χ4n) is 1.94. The van der Waals surface area contributed by atoms with Crippen LogP contribution >= 0.6 is 39.1 Å². The highest BCUT2D eigenvalue weighted by Crippen LogP contribution is 2.41. The third-order valence-electron chi connectivity index (χ3n) is 3.17. The first-order valence-electron chi connectivity index (χ1n) is 7.67. The van der Waals surface area contributed by atoms with E-state index in [4.69, 9.17) is 32.7 Å². The van der Waals surface area contributed by atoms with Gasteiger partial charge in [0.2, 0.25) is 0 Å². The van der Waals surface area contributed by atoms with E-state index in [9.17, 15) is 22.7 Å². The summed E-state index contributed by atoms with van der Waals surface area (Å²) in [6, 6.07) is 7.47. The summed E-state index contributed by atoms with van der Waals surface area (Å²) in [5, 5.41) is 9.62. The van der Waals surface area contributed by atoms with Gasteiger partial charge in [0, 0.05) is 40.5 Å². The molecule has 0 bridgehead atoms. The van der Waals surface area contributed by atoms with Crippen LogP contribution in [0.25, 0.3) is 0 Å². The van der Waals surface area contributed by atoms with E-state index in [1.165, 1.54) is 24.3 Å². The number of rotatable bonds is 9. The molecule has 0 atom stereocenters. The molecule has 4 nitrogen and oxygen atoms in total. The SMILES string of the molecule is Oc1cc(Cl)c(OCCCOc2cccc(OC(F)(F)C(F)(F)Br)c2)c(Cl)c1. The molecule has 11 heteroatoms. The maximum absolute atomic E-state index is 13.2. The molecule has 2 aromatic carbocycles. The molecule has 0 amide bonds. The Morgan fingerprint density at radius 2 is 1.50 bits per heavy atom. The van der Waals surface area contributed by atoms with Crippen LogP contribution in [-0.2, 0) is 0 Å². The van der Waals surface area contributed by atoms with Gasteiger partial charge >= 0.3 is 10.9 Å². The van der Waals surface area contributed by atoms with E-state index in [-0.39, 0.29) is 40.5 Å². The molecule has 0 saturated heterocycles. The second kappa shape index (κ2) is 9.28. The van der Waals surface area contributed by atoms with E-state index >= 15 is 0 Å². The van der Waals surface area contributed by atoms with Crippen LogP contribution in [0, 0.1) is 0 Å². The number of phenols is 1. The van der Waals surface area contributed by atoms with Crippen LogP contribution in [0.3, 0.4) is 0 Å². The highest BCUT2D eigenvalue weighted by Gasteiger charge is 2.57. The highest BCUT2D eigenvalue weighted by molar-refractivity contribution is 9.10. The van der Waals surface area contributed by atoms with E-state index in [0.717, 1.165) is 12.1 Å². The lowest BCUT2D eigenvalue weighted by molar-refractivity contribution is -0.266. The Bertz CT molecular complexity index is 795. The lowest BCUT2D eigenvalue weighted by Gasteiger charge is -2.22. The Balaban J connectivity index is 1.84. The van der Waals surface area contributed by atoms with Crippen LogP contribution in [0.1, 0.15) is 6.42 Å². The fraction of sp³-hybridized carbons (Fsp3) is 0.294. The predicted molar refractivity (Wildman–Crippen MR) is 99.6 cm³/mol. The van der Waals surface area contributed by atoms with Crippen LogP contribution in [0.5, 0.6) is 23.0 Å². The van der Waals surface area contributed by atoms with Crippen molar-refractivity contribution in [2.24, 2.45) is 0 Å². The molecule has 0 aromatic heterocycles. The molecule has 0 unspecified atom stereocenters. The molecule has 0 heterocycles. The summed E-state index contributed by atoms with van der Waals surface area (Å²) in [7, 11) is 0. The first kappa shape index (κ1) is 22.7. The standard InChI is InChI=1S/C17H13BrCl2F4O4/c18-16(21,22)17(23,24)28-12-4-1-3-11(9-12)26-5-2-6-27-15-13(19)7-10(25)8-14(15)20/h1,3-4,7-9,25H,2,5-6H2. The Labute approximate surface area is 176 Å². The monoisotopic (exact) mass is 506 g/mol. The summed E-state index contributed by atoms with van der Waals surface area (Å²) in [4.78, 5) is -4.52. The summed E-state index contributed by atoms with van der Waals surface area (Å²) in [6.45, 7) is 0.288. The molecule has 154 valence electrons. The van der Waals surface area contributed by atoms with Crippen molar-refractivity contribution in [1.29, 1.82) is 0 Å². The van der Waals surface area contributed by atoms with Gasteiger partial charge in [0.05, 0.1) is 23.3 Å². The highest BCUT2D eigenvalue weighted by atomic mass is 79.9. The van der Waals surface area contributed by atoms with E-state index in [1.54, 1.807) is 15.9 Å². The zero-order chi connectivity index (χ0) is 20.9. The molecule has 28 heavy (non-hydrogen) atoms. The minimum absolute atomic E-state index is 0.101. The van der Waals surface area contributed by atoms with Crippen molar-refractivity contribution < 1.29 is 36.9 Å². The number of hydrogen-bond donors (Lipinski definition) is 1. The van der Waals surface area contributed by atoms with Gasteiger partial charge in [-0.3, -0.25) is 0 Å². The van der Waals surface area contributed by atoms with Gasteiger partial charge in [0.15, 0.2) is 5.75 Å². The van der Waals surface area contributed by atoms with E-state index in [0.29, 0.717) is 6.42 Å². The minimum Gasteiger partial charge on any atom is -0.508 e. The van der Waals surface area contributed by atoms with Crippen molar-refractivity contribution >= 4 is 39.1 Å². The van der Waals surface area contributed by atoms with E-state index < -0.39 is 16.7 Å². The number of aromatic hydroxyl groups is 1. The first-order valence-corrected chi connectivity index (χ1v) is 9.22. The second-order valence-electron chi connectivity index (χ2n) is 5.38. The number of hydrogen-bond acceptors (Lipinski definition) is 4. The van der Waals surface area contributed by atoms with Crippen LogP contribution in [0.15, 0.2) is 36.4 Å². The van der Waals surface area contributed by atoms with E-state index in [1.807, 2.05) is 0 Å². The van der Waals surface area contributed by atoms with Crippen molar-refractivity contribution in [2.45, 2.75) is 17.4 Å². The maximum atomic E-state index is 13.2. The molecule has 0 aliphatic rings. The van der Waals surface area contributed by atoms with Gasteiger partial charge in [-0.05, 0) is 12.1 Å². The zero-order valence-electron chi connectivity index (χ0n) is 13.9. The van der Waals surface area contributed by atoms with Crippen molar-refractivity contribution in [3.63, 3.8) is 0 Å². The van der Waals surface area contributed by atoms with Gasteiger partial charge in [-0.1, -0.05) is 29.3 Å². The number of alkyl halides is 5. The molecule has 2 rings (SSSR count). The number of ether oxygens (including phenoxy) is 3. The average molecular weight is 508 g/mol. The fourth-order valence-corrected chi connectivity index (χ4v) is 2.61. The normalized spacial score (nSPS) is 12.0. The average Bonchev–Trinajstić information content (AvgIpc) is 2.55. The lowest BCUT2D eigenvalue weighted by Crippen LogP contribution is -2.40. The topological polar surface area (TPSA) is 47.9 Å². The van der Waals surface area contributed by atoms with Crippen molar-refractivity contribution in [2.75, 3.05) is 13.2 Å². The lowest BCUT2D eigenvalue weighted by atomic mass is 10.3. The van der Waals surface area contributed by atoms with Crippen LogP contribution in [0.2, 0.25) is 10.0 Å². The van der Waals surface area contributed by atoms with Gasteiger partial charge in [0.25, 0.3) is 0 Å². The Kier molecular flexibility index (Phi) is 7.52. The van der Waals surface area contributed by atoms with Crippen molar-refractivity contribution in [3.8, 4) is 23.0 Å². The Morgan fingerprint density at radius 3 is 2.11 bits per heavy atom. The summed E-state index contributed by atoms with van der Waals surface area (Å²) < 4.78 is 66.8. The molecule has 0 spiro atoms. The minimum atomic E-state index is -4.73. The van der Waals surface area contributed by atoms with Gasteiger partial charge in [-0.15, -0.1) is 0 Å². The second-order valence-corrected chi connectivity index (χ2v) is 7.19. The van der Waals surface area contributed by atoms with Crippen LogP contribution in [0.4, 0.5) is 17.6 Å². The summed E-state index contributed by atoms with van der Waals surface area (Å²) in [5.41, 5.74) is 0.